The fraction of sp³-hybridized carbons (Fsp3) is 0.0952. The predicted molar refractivity (Wildman–Crippen MR) is 111 cm³/mol. The predicted octanol–water partition coefficient (Wildman–Crippen LogP) is 2.72. The zero-order valence-corrected chi connectivity index (χ0v) is 15.5. The lowest BCUT2D eigenvalue weighted by Crippen LogP contribution is -2.24. The fourth-order valence-electron chi connectivity index (χ4n) is 3.03. The molecule has 0 aliphatic rings. The summed E-state index contributed by atoms with van der Waals surface area (Å²) in [5, 5.41) is 8.59. The minimum absolute atomic E-state index is 0.194. The van der Waals surface area contributed by atoms with Crippen molar-refractivity contribution < 1.29 is 0 Å². The molecule has 0 radical (unpaired) electrons. The zero-order chi connectivity index (χ0) is 19.8. The molecular formula is C21H19N5O2. The number of fused-ring (bicyclic) bond motifs is 1. The first-order valence-electron chi connectivity index (χ1n) is 8.76. The van der Waals surface area contributed by atoms with Crippen LogP contribution in [0.2, 0.25) is 0 Å². The second-order valence-corrected chi connectivity index (χ2v) is 6.67. The first-order chi connectivity index (χ1) is 13.4. The molecule has 0 saturated carbocycles. The Balaban J connectivity index is 1.98. The molecule has 0 amide bonds. The Labute approximate surface area is 160 Å². The number of hydrogen-bond donors (Lipinski definition) is 2. The lowest BCUT2D eigenvalue weighted by atomic mass is 10.1. The van der Waals surface area contributed by atoms with E-state index in [-0.39, 0.29) is 11.1 Å². The molecule has 4 aromatic rings. The zero-order valence-electron chi connectivity index (χ0n) is 15.5. The van der Waals surface area contributed by atoms with Gasteiger partial charge in [0.15, 0.2) is 5.82 Å². The maximum atomic E-state index is 13.0. The van der Waals surface area contributed by atoms with E-state index in [0.717, 1.165) is 5.56 Å². The molecule has 140 valence electrons. The number of nitrogens with zero attached hydrogens (tertiary/aromatic N) is 3. The van der Waals surface area contributed by atoms with Crippen LogP contribution in [-0.4, -0.2) is 14.3 Å². The van der Waals surface area contributed by atoms with E-state index in [1.54, 1.807) is 43.6 Å². The summed E-state index contributed by atoms with van der Waals surface area (Å²) < 4.78 is 2.79. The fourth-order valence-corrected chi connectivity index (χ4v) is 3.03. The van der Waals surface area contributed by atoms with Gasteiger partial charge in [-0.1, -0.05) is 17.7 Å². The quantitative estimate of drug-likeness (QED) is 0.539. The van der Waals surface area contributed by atoms with Crippen molar-refractivity contribution in [3.8, 4) is 5.69 Å². The molecule has 0 aliphatic carbocycles. The third-order valence-corrected chi connectivity index (χ3v) is 4.58. The van der Waals surface area contributed by atoms with Crippen LogP contribution in [0.5, 0.6) is 0 Å². The monoisotopic (exact) mass is 373 g/mol. The number of pyridine rings is 1. The van der Waals surface area contributed by atoms with Crippen molar-refractivity contribution in [3.05, 3.63) is 87.1 Å². The molecule has 0 atom stereocenters. The lowest BCUT2D eigenvalue weighted by Gasteiger charge is -2.13. The molecule has 4 rings (SSSR count). The number of hydrogen-bond acceptors (Lipinski definition) is 5. The molecule has 0 aliphatic heterocycles. The van der Waals surface area contributed by atoms with Gasteiger partial charge < -0.3 is 15.6 Å². The second kappa shape index (κ2) is 6.70. The number of rotatable bonds is 3. The molecule has 0 unspecified atom stereocenters. The van der Waals surface area contributed by atoms with E-state index in [9.17, 15) is 9.59 Å². The van der Waals surface area contributed by atoms with Crippen LogP contribution in [0.15, 0.2) is 70.4 Å². The van der Waals surface area contributed by atoms with Crippen LogP contribution in [-0.2, 0) is 7.05 Å². The summed E-state index contributed by atoms with van der Waals surface area (Å²) in [4.78, 5) is 25.4. The Bertz CT molecular complexity index is 1300. The minimum atomic E-state index is -0.280. The van der Waals surface area contributed by atoms with E-state index in [1.807, 2.05) is 31.2 Å². The van der Waals surface area contributed by atoms with Gasteiger partial charge in [0.2, 0.25) is 0 Å². The molecule has 3 N–H and O–H groups in total. The molecular weight excluding hydrogens is 354 g/mol. The van der Waals surface area contributed by atoms with Gasteiger partial charge in [0.1, 0.15) is 5.69 Å². The normalized spacial score (nSPS) is 10.9. The maximum Gasteiger partial charge on any atom is 0.279 e. The highest BCUT2D eigenvalue weighted by atomic mass is 16.1. The Kier molecular flexibility index (Phi) is 4.19. The van der Waals surface area contributed by atoms with Gasteiger partial charge in [-0.05, 0) is 49.4 Å². The Hall–Kier alpha value is -3.87. The largest absolute Gasteiger partial charge is 0.399 e. The summed E-state index contributed by atoms with van der Waals surface area (Å²) in [5.74, 6) is 0.401. The van der Waals surface area contributed by atoms with E-state index < -0.39 is 0 Å². The van der Waals surface area contributed by atoms with Gasteiger partial charge in [-0.2, -0.15) is 4.68 Å². The summed E-state index contributed by atoms with van der Waals surface area (Å²) in [7, 11) is 1.67. The van der Waals surface area contributed by atoms with E-state index >= 15 is 0 Å². The van der Waals surface area contributed by atoms with Crippen molar-refractivity contribution in [3.63, 3.8) is 0 Å². The summed E-state index contributed by atoms with van der Waals surface area (Å²) in [5.41, 5.74) is 7.98. The maximum absolute atomic E-state index is 13.0. The highest BCUT2D eigenvalue weighted by molar-refractivity contribution is 5.94. The Morgan fingerprint density at radius 2 is 1.71 bits per heavy atom. The molecule has 2 aromatic carbocycles. The molecule has 0 spiro atoms. The first kappa shape index (κ1) is 17.5. The number of nitrogen functional groups attached to an aromatic ring is 1. The standard InChI is InChI=1S/C21H19N5O2/c1-13-5-8-15(9-6-13)26-20(27)17-12-14(22)7-10-16(17)19(24-26)23-18-4-3-11-25(2)21(18)28/h3-12H,22H2,1-2H3,(H,23,24). The van der Waals surface area contributed by atoms with Gasteiger partial charge in [-0.15, -0.1) is 5.10 Å². The summed E-state index contributed by atoms with van der Waals surface area (Å²) >= 11 is 0. The summed E-state index contributed by atoms with van der Waals surface area (Å²) in [6, 6.07) is 16.0. The summed E-state index contributed by atoms with van der Waals surface area (Å²) in [6.07, 6.45) is 1.67. The molecule has 28 heavy (non-hydrogen) atoms. The molecule has 7 nitrogen and oxygen atoms in total. The third kappa shape index (κ3) is 3.03. The van der Waals surface area contributed by atoms with Crippen LogP contribution in [0.3, 0.4) is 0 Å². The molecule has 0 bridgehead atoms. The van der Waals surface area contributed by atoms with E-state index in [4.69, 9.17) is 5.73 Å². The van der Waals surface area contributed by atoms with Crippen molar-refractivity contribution in [1.29, 1.82) is 0 Å². The number of anilines is 3. The van der Waals surface area contributed by atoms with Crippen LogP contribution < -0.4 is 22.2 Å². The first-order valence-corrected chi connectivity index (χ1v) is 8.76. The molecule has 7 heteroatoms. The highest BCUT2D eigenvalue weighted by Gasteiger charge is 2.14. The van der Waals surface area contributed by atoms with Gasteiger partial charge >= 0.3 is 0 Å². The number of aryl methyl sites for hydroxylation is 2. The van der Waals surface area contributed by atoms with Gasteiger partial charge in [0.25, 0.3) is 11.1 Å². The molecule has 0 fully saturated rings. The number of aromatic nitrogens is 3. The Morgan fingerprint density at radius 1 is 0.964 bits per heavy atom. The molecule has 0 saturated heterocycles. The average Bonchev–Trinajstić information content (AvgIpc) is 2.68. The van der Waals surface area contributed by atoms with Crippen LogP contribution in [0, 0.1) is 6.92 Å². The number of nitrogens with one attached hydrogen (secondary N) is 1. The van der Waals surface area contributed by atoms with E-state index in [1.165, 1.54) is 9.25 Å². The van der Waals surface area contributed by atoms with Crippen LogP contribution in [0.25, 0.3) is 16.5 Å². The minimum Gasteiger partial charge on any atom is -0.399 e. The second-order valence-electron chi connectivity index (χ2n) is 6.67. The van der Waals surface area contributed by atoms with Crippen LogP contribution >= 0.6 is 0 Å². The summed E-state index contributed by atoms with van der Waals surface area (Å²) in [6.45, 7) is 1.97. The van der Waals surface area contributed by atoms with Gasteiger partial charge in [-0.25, -0.2) is 0 Å². The smallest absolute Gasteiger partial charge is 0.279 e. The van der Waals surface area contributed by atoms with Crippen molar-refractivity contribution in [2.75, 3.05) is 11.1 Å². The number of benzene rings is 2. The van der Waals surface area contributed by atoms with Crippen molar-refractivity contribution in [2.45, 2.75) is 6.92 Å². The molecule has 2 heterocycles. The van der Waals surface area contributed by atoms with E-state index in [2.05, 4.69) is 10.4 Å². The lowest BCUT2D eigenvalue weighted by molar-refractivity contribution is 0.824. The topological polar surface area (TPSA) is 94.9 Å². The molecule has 2 aromatic heterocycles. The third-order valence-electron chi connectivity index (χ3n) is 4.58. The number of nitrogens with two attached hydrogens (primary N) is 1. The highest BCUT2D eigenvalue weighted by Crippen LogP contribution is 2.23. The van der Waals surface area contributed by atoms with Crippen LogP contribution in [0.1, 0.15) is 5.56 Å². The SMILES string of the molecule is Cc1ccc(-n2nc(Nc3cccn(C)c3=O)c3ccc(N)cc3c2=O)cc1. The van der Waals surface area contributed by atoms with Crippen LogP contribution in [0.4, 0.5) is 17.2 Å². The van der Waals surface area contributed by atoms with Crippen molar-refractivity contribution in [2.24, 2.45) is 7.05 Å². The average molecular weight is 373 g/mol. The van der Waals surface area contributed by atoms with E-state index in [0.29, 0.717) is 33.7 Å². The van der Waals surface area contributed by atoms with Gasteiger partial charge in [0, 0.05) is 24.3 Å². The van der Waals surface area contributed by atoms with Gasteiger partial charge in [-0.3, -0.25) is 9.59 Å². The van der Waals surface area contributed by atoms with Crippen molar-refractivity contribution >= 4 is 28.0 Å². The Morgan fingerprint density at radius 3 is 2.46 bits per heavy atom. The van der Waals surface area contributed by atoms with Gasteiger partial charge in [0.05, 0.1) is 11.1 Å². The van der Waals surface area contributed by atoms with Crippen molar-refractivity contribution in [1.82, 2.24) is 14.3 Å².